The highest BCUT2D eigenvalue weighted by Gasteiger charge is 2.27. The molecule has 6 nitrogen and oxygen atoms in total. The molecule has 0 saturated heterocycles. The number of furan rings is 1. The molecule has 1 heterocycles. The molecule has 0 bridgehead atoms. The second-order valence-electron chi connectivity index (χ2n) is 5.22. The fourth-order valence-electron chi connectivity index (χ4n) is 1.94. The first-order valence-corrected chi connectivity index (χ1v) is 6.89. The Balaban J connectivity index is 1.92. The summed E-state index contributed by atoms with van der Waals surface area (Å²) in [5, 5.41) is 15.6. The van der Waals surface area contributed by atoms with E-state index < -0.39 is 11.6 Å². The summed E-state index contributed by atoms with van der Waals surface area (Å²) >= 11 is 0. The molecular weight excluding hydrogens is 284 g/mol. The molecule has 2 amide bonds. The molecular formula is C16H20N2O4. The van der Waals surface area contributed by atoms with Gasteiger partial charge >= 0.3 is 6.03 Å². The number of methoxy groups -OCH3 is 1. The number of amides is 2. The van der Waals surface area contributed by atoms with Crippen LogP contribution in [0, 0.1) is 6.92 Å². The maximum Gasteiger partial charge on any atom is 0.319 e. The normalized spacial score (nSPS) is 13.3. The fraction of sp³-hybridized carbons (Fsp3) is 0.312. The molecule has 6 heteroatoms. The van der Waals surface area contributed by atoms with Gasteiger partial charge < -0.3 is 24.9 Å². The number of benzene rings is 1. The van der Waals surface area contributed by atoms with Crippen LogP contribution in [0.25, 0.3) is 0 Å². The van der Waals surface area contributed by atoms with Crippen molar-refractivity contribution >= 4 is 11.7 Å². The molecule has 1 aromatic carbocycles. The highest BCUT2D eigenvalue weighted by atomic mass is 16.5. The number of nitrogens with one attached hydrogen (secondary N) is 2. The molecule has 2 aromatic rings. The van der Waals surface area contributed by atoms with Crippen molar-refractivity contribution in [3.63, 3.8) is 0 Å². The van der Waals surface area contributed by atoms with Gasteiger partial charge in [-0.25, -0.2) is 4.79 Å². The number of hydrogen-bond acceptors (Lipinski definition) is 4. The molecule has 2 rings (SSSR count). The van der Waals surface area contributed by atoms with Gasteiger partial charge in [0.2, 0.25) is 0 Å². The van der Waals surface area contributed by atoms with Gasteiger partial charge in [-0.15, -0.1) is 0 Å². The summed E-state index contributed by atoms with van der Waals surface area (Å²) < 4.78 is 10.5. The van der Waals surface area contributed by atoms with Crippen molar-refractivity contribution in [3.05, 3.63) is 47.9 Å². The Morgan fingerprint density at radius 1 is 1.36 bits per heavy atom. The van der Waals surface area contributed by atoms with Gasteiger partial charge in [-0.05, 0) is 38.1 Å². The topological polar surface area (TPSA) is 83.7 Å². The highest BCUT2D eigenvalue weighted by Crippen LogP contribution is 2.22. The third-order valence-corrected chi connectivity index (χ3v) is 3.19. The maximum atomic E-state index is 11.9. The highest BCUT2D eigenvalue weighted by molar-refractivity contribution is 5.89. The van der Waals surface area contributed by atoms with E-state index in [-0.39, 0.29) is 6.54 Å². The number of ether oxygens (including phenoxy) is 1. The molecule has 1 unspecified atom stereocenters. The lowest BCUT2D eigenvalue weighted by Gasteiger charge is -2.21. The minimum absolute atomic E-state index is 0.0236. The Morgan fingerprint density at radius 3 is 2.77 bits per heavy atom. The predicted molar refractivity (Wildman–Crippen MR) is 83.0 cm³/mol. The fourth-order valence-corrected chi connectivity index (χ4v) is 1.94. The van der Waals surface area contributed by atoms with Crippen molar-refractivity contribution in [2.45, 2.75) is 19.4 Å². The van der Waals surface area contributed by atoms with Gasteiger partial charge in [-0.1, -0.05) is 6.07 Å². The van der Waals surface area contributed by atoms with Gasteiger partial charge in [0.05, 0.1) is 13.7 Å². The van der Waals surface area contributed by atoms with E-state index in [2.05, 4.69) is 10.6 Å². The second kappa shape index (κ2) is 6.53. The first kappa shape index (κ1) is 15.9. The number of aryl methyl sites for hydroxylation is 1. The summed E-state index contributed by atoms with van der Waals surface area (Å²) in [6.45, 7) is 3.40. The van der Waals surface area contributed by atoms with E-state index in [4.69, 9.17) is 9.15 Å². The predicted octanol–water partition coefficient (Wildman–Crippen LogP) is 2.63. The molecule has 0 saturated carbocycles. The van der Waals surface area contributed by atoms with Crippen molar-refractivity contribution in [2.75, 3.05) is 19.0 Å². The Labute approximate surface area is 129 Å². The monoisotopic (exact) mass is 304 g/mol. The van der Waals surface area contributed by atoms with Crippen molar-refractivity contribution < 1.29 is 19.1 Å². The first-order chi connectivity index (χ1) is 10.4. The van der Waals surface area contributed by atoms with Crippen molar-refractivity contribution in [1.29, 1.82) is 0 Å². The van der Waals surface area contributed by atoms with Crippen LogP contribution in [0.5, 0.6) is 5.75 Å². The van der Waals surface area contributed by atoms with Crippen LogP contribution in [-0.4, -0.2) is 24.8 Å². The van der Waals surface area contributed by atoms with Gasteiger partial charge in [0.25, 0.3) is 0 Å². The molecule has 0 aliphatic rings. The zero-order chi connectivity index (χ0) is 16.2. The minimum atomic E-state index is -1.28. The zero-order valence-corrected chi connectivity index (χ0v) is 12.8. The van der Waals surface area contributed by atoms with E-state index in [1.165, 1.54) is 0 Å². The summed E-state index contributed by atoms with van der Waals surface area (Å²) in [7, 11) is 1.56. The molecule has 22 heavy (non-hydrogen) atoms. The average Bonchev–Trinajstić information content (AvgIpc) is 2.93. The molecule has 118 valence electrons. The number of aliphatic hydroxyl groups is 1. The smallest absolute Gasteiger partial charge is 0.319 e. The molecule has 1 aromatic heterocycles. The van der Waals surface area contributed by atoms with E-state index in [1.54, 1.807) is 57.4 Å². The number of carbonyl (C=O) groups excluding carboxylic acids is 1. The van der Waals surface area contributed by atoms with Crippen LogP contribution in [0.2, 0.25) is 0 Å². The van der Waals surface area contributed by atoms with Gasteiger partial charge in [0.1, 0.15) is 22.9 Å². The molecule has 0 fully saturated rings. The van der Waals surface area contributed by atoms with E-state index >= 15 is 0 Å². The largest absolute Gasteiger partial charge is 0.497 e. The number of carbonyl (C=O) groups is 1. The Bertz CT molecular complexity index is 649. The summed E-state index contributed by atoms with van der Waals surface area (Å²) in [5.41, 5.74) is -0.676. The lowest BCUT2D eigenvalue weighted by Crippen LogP contribution is -2.40. The molecule has 3 N–H and O–H groups in total. The number of rotatable bonds is 5. The molecule has 0 aliphatic carbocycles. The van der Waals surface area contributed by atoms with Crippen LogP contribution in [0.3, 0.4) is 0 Å². The number of anilines is 1. The second-order valence-corrected chi connectivity index (χ2v) is 5.22. The van der Waals surface area contributed by atoms with E-state index in [0.717, 1.165) is 0 Å². The summed E-state index contributed by atoms with van der Waals surface area (Å²) in [6, 6.07) is 10.0. The van der Waals surface area contributed by atoms with Crippen molar-refractivity contribution in [1.82, 2.24) is 5.32 Å². The number of urea groups is 1. The van der Waals surface area contributed by atoms with Gasteiger partial charge in [-0.2, -0.15) is 0 Å². The van der Waals surface area contributed by atoms with Gasteiger partial charge in [0.15, 0.2) is 0 Å². The molecule has 0 aliphatic heterocycles. The van der Waals surface area contributed by atoms with Crippen LogP contribution in [0.1, 0.15) is 18.4 Å². The summed E-state index contributed by atoms with van der Waals surface area (Å²) in [6.07, 6.45) is 0. The average molecular weight is 304 g/mol. The van der Waals surface area contributed by atoms with Crippen molar-refractivity contribution in [2.24, 2.45) is 0 Å². The maximum absolute atomic E-state index is 11.9. The lowest BCUT2D eigenvalue weighted by molar-refractivity contribution is 0.0364. The molecule has 0 spiro atoms. The van der Waals surface area contributed by atoms with Crippen LogP contribution in [0.15, 0.2) is 40.8 Å². The zero-order valence-electron chi connectivity index (χ0n) is 12.8. The van der Waals surface area contributed by atoms with Crippen LogP contribution < -0.4 is 15.4 Å². The van der Waals surface area contributed by atoms with E-state index in [1.807, 2.05) is 0 Å². The standard InChI is InChI=1S/C16H20N2O4/c1-11-7-8-14(22-11)16(2,20)10-17-15(19)18-12-5-4-6-13(9-12)21-3/h4-9,20H,10H2,1-3H3,(H2,17,18,19). The van der Waals surface area contributed by atoms with E-state index in [0.29, 0.717) is 23.0 Å². The third-order valence-electron chi connectivity index (χ3n) is 3.19. The number of hydrogen-bond donors (Lipinski definition) is 3. The molecule has 0 radical (unpaired) electrons. The van der Waals surface area contributed by atoms with Crippen LogP contribution in [-0.2, 0) is 5.60 Å². The Kier molecular flexibility index (Phi) is 4.72. The summed E-state index contributed by atoms with van der Waals surface area (Å²) in [4.78, 5) is 11.9. The summed E-state index contributed by atoms with van der Waals surface area (Å²) in [5.74, 6) is 1.76. The quantitative estimate of drug-likeness (QED) is 0.793. The minimum Gasteiger partial charge on any atom is -0.497 e. The SMILES string of the molecule is COc1cccc(NC(=O)NCC(C)(O)c2ccc(C)o2)c1. The Hall–Kier alpha value is -2.47. The Morgan fingerprint density at radius 2 is 2.14 bits per heavy atom. The van der Waals surface area contributed by atoms with Crippen LogP contribution in [0.4, 0.5) is 10.5 Å². The van der Waals surface area contributed by atoms with Gasteiger partial charge in [0, 0.05) is 11.8 Å². The van der Waals surface area contributed by atoms with Gasteiger partial charge in [-0.3, -0.25) is 0 Å². The third kappa shape index (κ3) is 4.02. The first-order valence-electron chi connectivity index (χ1n) is 6.89. The van der Waals surface area contributed by atoms with Crippen LogP contribution >= 0.6 is 0 Å². The molecule has 1 atom stereocenters. The van der Waals surface area contributed by atoms with E-state index in [9.17, 15) is 9.90 Å². The lowest BCUT2D eigenvalue weighted by atomic mass is 10.0. The van der Waals surface area contributed by atoms with Crippen molar-refractivity contribution in [3.8, 4) is 5.75 Å².